The number of methoxy groups -OCH3 is 1. The first-order valence-electron chi connectivity index (χ1n) is 9.38. The zero-order valence-corrected chi connectivity index (χ0v) is 19.2. The highest BCUT2D eigenvalue weighted by Gasteiger charge is 2.38. The van der Waals surface area contributed by atoms with Crippen LogP contribution in [-0.2, 0) is 24.4 Å². The van der Waals surface area contributed by atoms with Gasteiger partial charge in [-0.2, -0.15) is 4.31 Å². The maximum Gasteiger partial charge on any atom is 0.294 e. The van der Waals surface area contributed by atoms with Crippen LogP contribution in [-0.4, -0.2) is 63.7 Å². The lowest BCUT2D eigenvalue weighted by Crippen LogP contribution is -2.43. The zero-order chi connectivity index (χ0) is 22.1. The molecule has 1 atom stereocenters. The largest absolute Gasteiger partial charge is 0.385 e. The second kappa shape index (κ2) is 11.8. The SMILES string of the molecule is CCNC1CN(CCCOC)S(=O)(=O)c2sc(SNC(=O)CCCO[N+](=O)[O-])cc21. The van der Waals surface area contributed by atoms with Crippen LogP contribution < -0.4 is 10.0 Å². The summed E-state index contributed by atoms with van der Waals surface area (Å²) in [5.74, 6) is -0.314. The van der Waals surface area contributed by atoms with E-state index in [1.54, 1.807) is 13.2 Å². The number of carbonyl (C=O) groups is 1. The zero-order valence-electron chi connectivity index (χ0n) is 16.8. The normalized spacial score (nSPS) is 18.0. The van der Waals surface area contributed by atoms with Gasteiger partial charge < -0.3 is 14.9 Å². The molecule has 1 amide bonds. The quantitative estimate of drug-likeness (QED) is 0.185. The molecule has 30 heavy (non-hydrogen) atoms. The van der Waals surface area contributed by atoms with Gasteiger partial charge >= 0.3 is 0 Å². The molecule has 1 aromatic heterocycles. The summed E-state index contributed by atoms with van der Waals surface area (Å²) in [5.41, 5.74) is 0.709. The topological polar surface area (TPSA) is 140 Å². The molecule has 1 aliphatic heterocycles. The van der Waals surface area contributed by atoms with E-state index >= 15 is 0 Å². The van der Waals surface area contributed by atoms with Crippen LogP contribution in [0.5, 0.6) is 0 Å². The van der Waals surface area contributed by atoms with Gasteiger partial charge in [-0.3, -0.25) is 9.52 Å². The van der Waals surface area contributed by atoms with Gasteiger partial charge in [-0.1, -0.05) is 6.92 Å². The van der Waals surface area contributed by atoms with Crippen LogP contribution in [0.2, 0.25) is 0 Å². The highest BCUT2D eigenvalue weighted by atomic mass is 32.3. The number of fused-ring (bicyclic) bond motifs is 1. The summed E-state index contributed by atoms with van der Waals surface area (Å²) in [6, 6.07) is 1.66. The summed E-state index contributed by atoms with van der Waals surface area (Å²) in [5, 5.41) is 12.5. The minimum atomic E-state index is -3.61. The number of ether oxygens (including phenoxy) is 1. The minimum absolute atomic E-state index is 0.0670. The standard InChI is InChI=1S/C16H26N4O7S3/c1-3-17-13-11-19(7-5-8-26-2)30(24,25)16-12(13)10-15(28-16)29-18-14(21)6-4-9-27-20(22)23/h10,13,17H,3-9,11H2,1-2H3,(H,18,21). The molecule has 1 aromatic rings. The Hall–Kier alpha value is -1.45. The van der Waals surface area contributed by atoms with Crippen molar-refractivity contribution in [3.05, 3.63) is 21.7 Å². The predicted molar refractivity (Wildman–Crippen MR) is 112 cm³/mol. The average Bonchev–Trinajstić information content (AvgIpc) is 3.13. The van der Waals surface area contributed by atoms with E-state index in [4.69, 9.17) is 4.74 Å². The molecule has 1 unspecified atom stereocenters. The van der Waals surface area contributed by atoms with E-state index in [-0.39, 0.29) is 35.6 Å². The Morgan fingerprint density at radius 3 is 2.87 bits per heavy atom. The van der Waals surface area contributed by atoms with Crippen LogP contribution in [0.3, 0.4) is 0 Å². The Labute approximate surface area is 183 Å². The average molecular weight is 483 g/mol. The third-order valence-electron chi connectivity index (χ3n) is 4.26. The lowest BCUT2D eigenvalue weighted by Gasteiger charge is -2.32. The maximum absolute atomic E-state index is 13.0. The Bertz CT molecular complexity index is 831. The van der Waals surface area contributed by atoms with Gasteiger partial charge in [0.05, 0.1) is 10.8 Å². The van der Waals surface area contributed by atoms with Crippen molar-refractivity contribution >= 4 is 39.2 Å². The number of likely N-dealkylation sites (N-methyl/N-ethyl adjacent to an activating group) is 1. The van der Waals surface area contributed by atoms with Crippen molar-refractivity contribution in [2.75, 3.05) is 40.0 Å². The van der Waals surface area contributed by atoms with Crippen molar-refractivity contribution < 1.29 is 27.9 Å². The molecular formula is C16H26N4O7S3. The van der Waals surface area contributed by atoms with Crippen molar-refractivity contribution in [1.82, 2.24) is 14.3 Å². The molecule has 0 aliphatic carbocycles. The van der Waals surface area contributed by atoms with Crippen LogP contribution in [0.4, 0.5) is 0 Å². The molecule has 2 N–H and O–H groups in total. The van der Waals surface area contributed by atoms with E-state index in [0.29, 0.717) is 42.4 Å². The fourth-order valence-corrected chi connectivity index (χ4v) is 7.27. The van der Waals surface area contributed by atoms with Crippen molar-refractivity contribution in [3.8, 4) is 0 Å². The van der Waals surface area contributed by atoms with E-state index in [1.807, 2.05) is 6.92 Å². The Morgan fingerprint density at radius 2 is 2.20 bits per heavy atom. The Kier molecular flexibility index (Phi) is 9.77. The molecule has 2 heterocycles. The molecule has 11 nitrogen and oxygen atoms in total. The molecule has 0 aromatic carbocycles. The van der Waals surface area contributed by atoms with Crippen molar-refractivity contribution in [3.63, 3.8) is 0 Å². The lowest BCUT2D eigenvalue weighted by molar-refractivity contribution is -0.757. The molecule has 0 bridgehead atoms. The fourth-order valence-electron chi connectivity index (χ4n) is 2.93. The molecule has 0 saturated heterocycles. The second-order valence-electron chi connectivity index (χ2n) is 6.42. The van der Waals surface area contributed by atoms with Gasteiger partial charge in [0.2, 0.25) is 5.91 Å². The van der Waals surface area contributed by atoms with Crippen molar-refractivity contribution in [2.24, 2.45) is 0 Å². The van der Waals surface area contributed by atoms with Crippen LogP contribution in [0.25, 0.3) is 0 Å². The van der Waals surface area contributed by atoms with Gasteiger partial charge in [0.15, 0.2) is 0 Å². The van der Waals surface area contributed by atoms with E-state index < -0.39 is 15.1 Å². The van der Waals surface area contributed by atoms with Gasteiger partial charge in [0.1, 0.15) is 4.21 Å². The number of hydrogen-bond acceptors (Lipinski definition) is 10. The molecule has 170 valence electrons. The van der Waals surface area contributed by atoms with Crippen LogP contribution in [0.15, 0.2) is 14.5 Å². The van der Waals surface area contributed by atoms with E-state index in [2.05, 4.69) is 14.9 Å². The van der Waals surface area contributed by atoms with Gasteiger partial charge in [-0.05, 0) is 37.4 Å². The third-order valence-corrected chi connectivity index (χ3v) is 8.74. The number of thiophene rings is 1. The first-order valence-corrected chi connectivity index (χ1v) is 12.5. The molecule has 0 radical (unpaired) electrons. The van der Waals surface area contributed by atoms with E-state index in [1.165, 1.54) is 4.31 Å². The Morgan fingerprint density at radius 1 is 1.43 bits per heavy atom. The maximum atomic E-state index is 13.0. The van der Waals surface area contributed by atoms with Crippen LogP contribution >= 0.6 is 23.3 Å². The van der Waals surface area contributed by atoms with Crippen molar-refractivity contribution in [1.29, 1.82) is 0 Å². The molecule has 2 rings (SSSR count). The van der Waals surface area contributed by atoms with Gasteiger partial charge in [0.25, 0.3) is 15.1 Å². The van der Waals surface area contributed by atoms with E-state index in [9.17, 15) is 23.3 Å². The molecule has 0 fully saturated rings. The lowest BCUT2D eigenvalue weighted by atomic mass is 10.1. The summed E-state index contributed by atoms with van der Waals surface area (Å²) < 4.78 is 36.1. The van der Waals surface area contributed by atoms with Gasteiger partial charge in [0, 0.05) is 44.8 Å². The fraction of sp³-hybridized carbons (Fsp3) is 0.688. The van der Waals surface area contributed by atoms with Crippen LogP contribution in [0, 0.1) is 10.1 Å². The van der Waals surface area contributed by atoms with E-state index in [0.717, 1.165) is 23.3 Å². The number of nitrogens with one attached hydrogen (secondary N) is 2. The minimum Gasteiger partial charge on any atom is -0.385 e. The monoisotopic (exact) mass is 482 g/mol. The number of hydrogen-bond donors (Lipinski definition) is 2. The highest BCUT2D eigenvalue weighted by Crippen LogP contribution is 2.41. The summed E-state index contributed by atoms with van der Waals surface area (Å²) in [6.07, 6.45) is 0.881. The summed E-state index contributed by atoms with van der Waals surface area (Å²) >= 11 is 2.17. The smallest absolute Gasteiger partial charge is 0.294 e. The third kappa shape index (κ3) is 6.78. The highest BCUT2D eigenvalue weighted by molar-refractivity contribution is 8.00. The molecule has 1 aliphatic rings. The van der Waals surface area contributed by atoms with Crippen LogP contribution in [0.1, 0.15) is 37.8 Å². The summed E-state index contributed by atoms with van der Waals surface area (Å²) in [6.45, 7) is 3.70. The first-order chi connectivity index (χ1) is 14.3. The summed E-state index contributed by atoms with van der Waals surface area (Å²) in [4.78, 5) is 26.1. The molecule has 14 heteroatoms. The number of rotatable bonds is 13. The van der Waals surface area contributed by atoms with Crippen molar-refractivity contribution in [2.45, 2.75) is 40.6 Å². The number of amides is 1. The number of nitrogens with zero attached hydrogens (tertiary/aromatic N) is 2. The number of sulfonamides is 1. The first kappa shape index (κ1) is 24.8. The van der Waals surface area contributed by atoms with Gasteiger partial charge in [-0.25, -0.2) is 8.42 Å². The molecular weight excluding hydrogens is 456 g/mol. The molecule has 0 saturated carbocycles. The van der Waals surface area contributed by atoms with Gasteiger partial charge in [-0.15, -0.1) is 21.5 Å². The second-order valence-corrected chi connectivity index (χ2v) is 10.7. The number of carbonyl (C=O) groups excluding carboxylic acids is 1. The molecule has 0 spiro atoms. The summed E-state index contributed by atoms with van der Waals surface area (Å²) in [7, 11) is -2.03. The predicted octanol–water partition coefficient (Wildman–Crippen LogP) is 1.55. The Balaban J connectivity index is 2.04.